The molecule has 2 rings (SSSR count). The molecule has 2 saturated carbocycles. The van der Waals surface area contributed by atoms with Gasteiger partial charge in [0.05, 0.1) is 0 Å². The Kier molecular flexibility index (Phi) is 2.96. The lowest BCUT2D eigenvalue weighted by molar-refractivity contribution is 0.367. The van der Waals surface area contributed by atoms with Crippen molar-refractivity contribution >= 4 is 0 Å². The molecule has 76 valence electrons. The summed E-state index contributed by atoms with van der Waals surface area (Å²) in [5.41, 5.74) is 0. The third-order valence-electron chi connectivity index (χ3n) is 4.47. The van der Waals surface area contributed by atoms with Crippen molar-refractivity contribution in [3.05, 3.63) is 0 Å². The highest BCUT2D eigenvalue weighted by atomic mass is 14.4. The van der Waals surface area contributed by atoms with E-state index >= 15 is 0 Å². The first-order valence-corrected chi connectivity index (χ1v) is 6.27. The Balaban J connectivity index is 1.94. The van der Waals surface area contributed by atoms with E-state index < -0.39 is 0 Å². The van der Waals surface area contributed by atoms with Crippen molar-refractivity contribution in [3.8, 4) is 0 Å². The van der Waals surface area contributed by atoms with Crippen molar-refractivity contribution in [3.63, 3.8) is 0 Å². The van der Waals surface area contributed by atoms with Crippen molar-refractivity contribution in [2.24, 2.45) is 23.7 Å². The normalized spacial score (nSPS) is 40.4. The molecule has 0 nitrogen and oxygen atoms in total. The van der Waals surface area contributed by atoms with E-state index in [4.69, 9.17) is 0 Å². The van der Waals surface area contributed by atoms with Gasteiger partial charge in [-0.2, -0.15) is 0 Å². The molecule has 0 aliphatic heterocycles. The lowest BCUT2D eigenvalue weighted by atomic mass is 9.92. The molecule has 2 fully saturated rings. The van der Waals surface area contributed by atoms with Gasteiger partial charge in [0.25, 0.3) is 0 Å². The molecule has 2 aliphatic rings. The summed E-state index contributed by atoms with van der Waals surface area (Å²) < 4.78 is 0. The first kappa shape index (κ1) is 9.55. The van der Waals surface area contributed by atoms with Crippen molar-refractivity contribution < 1.29 is 0 Å². The van der Waals surface area contributed by atoms with Crippen LogP contribution in [-0.2, 0) is 0 Å². The van der Waals surface area contributed by atoms with E-state index in [0.717, 1.165) is 23.7 Å². The highest BCUT2D eigenvalue weighted by Crippen LogP contribution is 2.46. The zero-order valence-electron chi connectivity index (χ0n) is 9.26. The molecular formula is C13H24. The second-order valence-corrected chi connectivity index (χ2v) is 5.63. The van der Waals surface area contributed by atoms with Crippen LogP contribution >= 0.6 is 0 Å². The van der Waals surface area contributed by atoms with Gasteiger partial charge < -0.3 is 0 Å². The van der Waals surface area contributed by atoms with E-state index in [9.17, 15) is 0 Å². The molecule has 0 aromatic heterocycles. The standard InChI is InChI=1S/C13H24/c1-10(2)13-8-11-6-4-3-5-7-12(11)9-13/h10-13H,3-9H2,1-2H3. The maximum absolute atomic E-state index is 2.41. The summed E-state index contributed by atoms with van der Waals surface area (Å²) >= 11 is 0. The van der Waals surface area contributed by atoms with Gasteiger partial charge in [0.15, 0.2) is 0 Å². The van der Waals surface area contributed by atoms with Gasteiger partial charge in [-0.05, 0) is 36.5 Å². The molecule has 0 aromatic carbocycles. The molecule has 0 spiro atoms. The molecule has 0 N–H and O–H groups in total. The molecule has 0 heterocycles. The van der Waals surface area contributed by atoms with E-state index in [2.05, 4.69) is 13.8 Å². The summed E-state index contributed by atoms with van der Waals surface area (Å²) in [7, 11) is 0. The van der Waals surface area contributed by atoms with Gasteiger partial charge >= 0.3 is 0 Å². The van der Waals surface area contributed by atoms with Crippen LogP contribution in [0.25, 0.3) is 0 Å². The van der Waals surface area contributed by atoms with Crippen molar-refractivity contribution in [2.75, 3.05) is 0 Å². The summed E-state index contributed by atoms with van der Waals surface area (Å²) in [5.74, 6) is 4.24. The Morgan fingerprint density at radius 3 is 1.85 bits per heavy atom. The van der Waals surface area contributed by atoms with Gasteiger partial charge in [0.2, 0.25) is 0 Å². The molecule has 0 aromatic rings. The largest absolute Gasteiger partial charge is 0.0625 e. The maximum Gasteiger partial charge on any atom is -0.0383 e. The van der Waals surface area contributed by atoms with E-state index in [-0.39, 0.29) is 0 Å². The Morgan fingerprint density at radius 1 is 0.846 bits per heavy atom. The molecule has 2 unspecified atom stereocenters. The van der Waals surface area contributed by atoms with Gasteiger partial charge in [-0.15, -0.1) is 0 Å². The summed E-state index contributed by atoms with van der Waals surface area (Å²) in [6, 6.07) is 0. The second-order valence-electron chi connectivity index (χ2n) is 5.63. The van der Waals surface area contributed by atoms with E-state index in [1.165, 1.54) is 19.3 Å². The molecule has 2 aliphatic carbocycles. The zero-order valence-corrected chi connectivity index (χ0v) is 9.26. The van der Waals surface area contributed by atoms with Crippen LogP contribution in [-0.4, -0.2) is 0 Å². The van der Waals surface area contributed by atoms with Crippen LogP contribution in [0.5, 0.6) is 0 Å². The Hall–Kier alpha value is 0. The summed E-state index contributed by atoms with van der Waals surface area (Å²) in [6.07, 6.45) is 10.8. The highest BCUT2D eigenvalue weighted by Gasteiger charge is 2.35. The number of hydrogen-bond acceptors (Lipinski definition) is 0. The van der Waals surface area contributed by atoms with Crippen LogP contribution in [0.4, 0.5) is 0 Å². The fraction of sp³-hybridized carbons (Fsp3) is 1.00. The molecule has 0 radical (unpaired) electrons. The third-order valence-corrected chi connectivity index (χ3v) is 4.47. The monoisotopic (exact) mass is 180 g/mol. The lowest BCUT2D eigenvalue weighted by Crippen LogP contribution is -2.04. The van der Waals surface area contributed by atoms with Crippen LogP contribution < -0.4 is 0 Å². The Morgan fingerprint density at radius 2 is 1.38 bits per heavy atom. The number of hydrogen-bond donors (Lipinski definition) is 0. The summed E-state index contributed by atoms with van der Waals surface area (Å²) in [5, 5.41) is 0. The van der Waals surface area contributed by atoms with Crippen molar-refractivity contribution in [1.82, 2.24) is 0 Å². The van der Waals surface area contributed by atoms with E-state index in [1.807, 2.05) is 0 Å². The van der Waals surface area contributed by atoms with Gasteiger partial charge in [0, 0.05) is 0 Å². The van der Waals surface area contributed by atoms with Crippen LogP contribution in [0.2, 0.25) is 0 Å². The molecule has 0 amide bonds. The van der Waals surface area contributed by atoms with Gasteiger partial charge in [-0.25, -0.2) is 0 Å². The maximum atomic E-state index is 2.41. The molecular weight excluding hydrogens is 156 g/mol. The first-order chi connectivity index (χ1) is 6.27. The second kappa shape index (κ2) is 4.02. The van der Waals surface area contributed by atoms with Crippen molar-refractivity contribution in [2.45, 2.75) is 58.8 Å². The minimum absolute atomic E-state index is 0.937. The molecule has 0 saturated heterocycles. The Labute approximate surface area is 83.1 Å². The van der Waals surface area contributed by atoms with Crippen LogP contribution in [0.3, 0.4) is 0 Å². The fourth-order valence-electron chi connectivity index (χ4n) is 3.50. The van der Waals surface area contributed by atoms with E-state index in [1.54, 1.807) is 25.7 Å². The molecule has 0 heteroatoms. The SMILES string of the molecule is CC(C)C1CC2CCCCCC2C1. The average Bonchev–Trinajstić information content (AvgIpc) is 2.38. The predicted octanol–water partition coefficient (Wildman–Crippen LogP) is 4.25. The first-order valence-electron chi connectivity index (χ1n) is 6.27. The number of fused-ring (bicyclic) bond motifs is 1. The van der Waals surface area contributed by atoms with Crippen LogP contribution in [0, 0.1) is 23.7 Å². The van der Waals surface area contributed by atoms with Gasteiger partial charge in [-0.3, -0.25) is 0 Å². The number of rotatable bonds is 1. The quantitative estimate of drug-likeness (QED) is 0.566. The predicted molar refractivity (Wildman–Crippen MR) is 57.6 cm³/mol. The van der Waals surface area contributed by atoms with Gasteiger partial charge in [-0.1, -0.05) is 46.0 Å². The molecule has 13 heavy (non-hydrogen) atoms. The van der Waals surface area contributed by atoms with E-state index in [0.29, 0.717) is 0 Å². The van der Waals surface area contributed by atoms with Gasteiger partial charge in [0.1, 0.15) is 0 Å². The molecule has 2 atom stereocenters. The van der Waals surface area contributed by atoms with Crippen molar-refractivity contribution in [1.29, 1.82) is 0 Å². The Bertz CT molecular complexity index is 145. The highest BCUT2D eigenvalue weighted by molar-refractivity contribution is 4.86. The minimum Gasteiger partial charge on any atom is -0.0625 e. The summed E-state index contributed by atoms with van der Waals surface area (Å²) in [4.78, 5) is 0. The smallest absolute Gasteiger partial charge is 0.0383 e. The molecule has 0 bridgehead atoms. The fourth-order valence-corrected chi connectivity index (χ4v) is 3.50. The van der Waals surface area contributed by atoms with Crippen LogP contribution in [0.15, 0.2) is 0 Å². The lowest BCUT2D eigenvalue weighted by Gasteiger charge is -2.14. The topological polar surface area (TPSA) is 0 Å². The van der Waals surface area contributed by atoms with Crippen LogP contribution in [0.1, 0.15) is 58.8 Å². The zero-order chi connectivity index (χ0) is 9.26. The average molecular weight is 180 g/mol. The third kappa shape index (κ3) is 2.08. The minimum atomic E-state index is 0.937. The summed E-state index contributed by atoms with van der Waals surface area (Å²) in [6.45, 7) is 4.83.